The second kappa shape index (κ2) is 8.48. The van der Waals surface area contributed by atoms with E-state index in [-0.39, 0.29) is 6.10 Å². The molecule has 0 bridgehead atoms. The molecule has 6 nitrogen and oxygen atoms in total. The summed E-state index contributed by atoms with van der Waals surface area (Å²) >= 11 is 6.04. The third-order valence-electron chi connectivity index (χ3n) is 5.43. The molecule has 140 valence electrons. The van der Waals surface area contributed by atoms with Crippen LogP contribution in [-0.4, -0.2) is 64.1 Å². The van der Waals surface area contributed by atoms with Gasteiger partial charge in [0, 0.05) is 23.7 Å². The van der Waals surface area contributed by atoms with Crippen LogP contribution in [0, 0.1) is 0 Å². The van der Waals surface area contributed by atoms with E-state index in [4.69, 9.17) is 16.3 Å². The Morgan fingerprint density at radius 1 is 1.19 bits per heavy atom. The van der Waals surface area contributed by atoms with E-state index in [1.54, 1.807) is 12.7 Å². The number of hydrogen-bond acceptors (Lipinski definition) is 5. The van der Waals surface area contributed by atoms with Crippen molar-refractivity contribution in [3.63, 3.8) is 0 Å². The molecule has 2 unspecified atom stereocenters. The van der Waals surface area contributed by atoms with Crippen molar-refractivity contribution in [1.29, 1.82) is 0 Å². The molecule has 26 heavy (non-hydrogen) atoms. The van der Waals surface area contributed by atoms with Crippen molar-refractivity contribution in [2.45, 2.75) is 44.0 Å². The van der Waals surface area contributed by atoms with Crippen LogP contribution in [0.25, 0.3) is 0 Å². The summed E-state index contributed by atoms with van der Waals surface area (Å²) in [7, 11) is 0. The van der Waals surface area contributed by atoms with Crippen molar-refractivity contribution in [2.24, 2.45) is 0 Å². The largest absolute Gasteiger partial charge is 0.373 e. The van der Waals surface area contributed by atoms with Crippen LogP contribution in [0.3, 0.4) is 0 Å². The Morgan fingerprint density at radius 3 is 2.73 bits per heavy atom. The quantitative estimate of drug-likeness (QED) is 0.866. The zero-order chi connectivity index (χ0) is 17.8. The summed E-state index contributed by atoms with van der Waals surface area (Å²) < 4.78 is 8.07. The van der Waals surface area contributed by atoms with E-state index in [0.717, 1.165) is 44.2 Å². The highest BCUT2D eigenvalue weighted by molar-refractivity contribution is 6.30. The number of morpholine rings is 1. The van der Waals surface area contributed by atoms with Crippen molar-refractivity contribution >= 4 is 11.6 Å². The van der Waals surface area contributed by atoms with Crippen molar-refractivity contribution in [2.75, 3.05) is 26.2 Å². The minimum absolute atomic E-state index is 0.160. The van der Waals surface area contributed by atoms with Gasteiger partial charge in [-0.25, -0.2) is 4.98 Å². The summed E-state index contributed by atoms with van der Waals surface area (Å²) in [5.41, 5.74) is 1.32. The van der Waals surface area contributed by atoms with Gasteiger partial charge in [0.1, 0.15) is 12.7 Å². The normalized spacial score (nSPS) is 25.4. The first-order chi connectivity index (χ1) is 12.8. The molecule has 0 radical (unpaired) electrons. The molecule has 1 N–H and O–H groups in total. The first kappa shape index (κ1) is 17.9. The van der Waals surface area contributed by atoms with E-state index in [9.17, 15) is 0 Å². The van der Waals surface area contributed by atoms with Crippen LogP contribution >= 0.6 is 11.6 Å². The molecule has 1 aromatic carbocycles. The summed E-state index contributed by atoms with van der Waals surface area (Å²) in [5.74, 6) is 0. The Morgan fingerprint density at radius 2 is 2.00 bits per heavy atom. The topological polar surface area (TPSA) is 55.2 Å². The van der Waals surface area contributed by atoms with Gasteiger partial charge in [-0.3, -0.25) is 9.58 Å². The molecule has 2 saturated heterocycles. The molecule has 0 saturated carbocycles. The predicted octanol–water partition coefficient (Wildman–Crippen LogP) is 2.00. The zero-order valence-electron chi connectivity index (χ0n) is 14.9. The average molecular weight is 376 g/mol. The van der Waals surface area contributed by atoms with E-state index < -0.39 is 0 Å². The molecule has 2 fully saturated rings. The van der Waals surface area contributed by atoms with E-state index in [0.29, 0.717) is 12.1 Å². The van der Waals surface area contributed by atoms with Crippen molar-refractivity contribution < 1.29 is 4.74 Å². The average Bonchev–Trinajstić information content (AvgIpc) is 3.18. The van der Waals surface area contributed by atoms with Gasteiger partial charge >= 0.3 is 0 Å². The van der Waals surface area contributed by atoms with Crippen LogP contribution < -0.4 is 5.32 Å². The van der Waals surface area contributed by atoms with Crippen LogP contribution in [0.5, 0.6) is 0 Å². The highest BCUT2D eigenvalue weighted by Gasteiger charge is 2.34. The van der Waals surface area contributed by atoms with Crippen molar-refractivity contribution in [3.05, 3.63) is 47.5 Å². The molecule has 0 aliphatic carbocycles. The minimum Gasteiger partial charge on any atom is -0.373 e. The highest BCUT2D eigenvalue weighted by atomic mass is 35.5. The van der Waals surface area contributed by atoms with Gasteiger partial charge in [-0.05, 0) is 50.0 Å². The number of aromatic nitrogens is 3. The van der Waals surface area contributed by atoms with Gasteiger partial charge in [0.25, 0.3) is 0 Å². The zero-order valence-corrected chi connectivity index (χ0v) is 15.7. The van der Waals surface area contributed by atoms with Crippen LogP contribution in [0.4, 0.5) is 0 Å². The fraction of sp³-hybridized carbons (Fsp3) is 0.579. The van der Waals surface area contributed by atoms with E-state index in [2.05, 4.69) is 32.4 Å². The molecule has 0 amide bonds. The number of piperidine rings is 1. The SMILES string of the molecule is Clc1ccc(CC2COC(Cn3cncn3)CN2C2CCNCC2)cc1. The Labute approximate surface area is 159 Å². The van der Waals surface area contributed by atoms with Gasteiger partial charge in [0.15, 0.2) is 0 Å². The van der Waals surface area contributed by atoms with Gasteiger partial charge in [-0.2, -0.15) is 5.10 Å². The van der Waals surface area contributed by atoms with Crippen LogP contribution in [0.2, 0.25) is 5.02 Å². The van der Waals surface area contributed by atoms with Crippen LogP contribution in [0.1, 0.15) is 18.4 Å². The predicted molar refractivity (Wildman–Crippen MR) is 101 cm³/mol. The Balaban J connectivity index is 1.46. The molecule has 2 aromatic rings. The molecule has 2 aliphatic rings. The highest BCUT2D eigenvalue weighted by Crippen LogP contribution is 2.24. The molecule has 0 spiro atoms. The summed E-state index contributed by atoms with van der Waals surface area (Å²) in [6, 6.07) is 9.24. The van der Waals surface area contributed by atoms with Gasteiger partial charge in [0.2, 0.25) is 0 Å². The lowest BCUT2D eigenvalue weighted by Gasteiger charge is -2.45. The third kappa shape index (κ3) is 4.43. The first-order valence-electron chi connectivity index (χ1n) is 9.43. The number of nitrogens with zero attached hydrogens (tertiary/aromatic N) is 4. The van der Waals surface area contributed by atoms with Crippen LogP contribution in [0.15, 0.2) is 36.9 Å². The second-order valence-corrected chi connectivity index (χ2v) is 7.67. The maximum atomic E-state index is 6.21. The molecule has 1 aromatic heterocycles. The Bertz CT molecular complexity index is 672. The van der Waals surface area contributed by atoms with E-state index in [1.165, 1.54) is 18.4 Å². The third-order valence-corrected chi connectivity index (χ3v) is 5.68. The Kier molecular flexibility index (Phi) is 5.84. The number of hydrogen-bond donors (Lipinski definition) is 1. The lowest BCUT2D eigenvalue weighted by molar-refractivity contribution is -0.0890. The monoisotopic (exact) mass is 375 g/mol. The minimum atomic E-state index is 0.160. The maximum Gasteiger partial charge on any atom is 0.137 e. The lowest BCUT2D eigenvalue weighted by Crippen LogP contribution is -2.57. The molecule has 4 rings (SSSR count). The molecular weight excluding hydrogens is 350 g/mol. The molecule has 7 heteroatoms. The molecular formula is C19H26ClN5O. The van der Waals surface area contributed by atoms with Gasteiger partial charge in [0.05, 0.1) is 19.3 Å². The van der Waals surface area contributed by atoms with Gasteiger partial charge < -0.3 is 10.1 Å². The maximum absolute atomic E-state index is 6.21. The number of halogens is 1. The van der Waals surface area contributed by atoms with Gasteiger partial charge in [-0.15, -0.1) is 0 Å². The number of rotatable bonds is 5. The van der Waals surface area contributed by atoms with Crippen molar-refractivity contribution in [3.8, 4) is 0 Å². The molecule has 3 heterocycles. The second-order valence-electron chi connectivity index (χ2n) is 7.24. The summed E-state index contributed by atoms with van der Waals surface area (Å²) in [6.07, 6.45) is 6.90. The standard InChI is InChI=1S/C19H26ClN5O/c20-16-3-1-15(2-4-16)9-18-12-26-19(10-24-14-22-13-23-24)11-25(18)17-5-7-21-8-6-17/h1-4,13-14,17-19,21H,5-12H2. The lowest BCUT2D eigenvalue weighted by atomic mass is 9.97. The smallest absolute Gasteiger partial charge is 0.137 e. The van der Waals surface area contributed by atoms with Crippen LogP contribution in [-0.2, 0) is 17.7 Å². The summed E-state index contributed by atoms with van der Waals surface area (Å²) in [5, 5.41) is 8.49. The summed E-state index contributed by atoms with van der Waals surface area (Å²) in [4.78, 5) is 6.72. The first-order valence-corrected chi connectivity index (χ1v) is 9.80. The fourth-order valence-electron chi connectivity index (χ4n) is 4.08. The number of ether oxygens (including phenoxy) is 1. The molecule has 2 atom stereocenters. The summed E-state index contributed by atoms with van der Waals surface area (Å²) in [6.45, 7) is 4.66. The van der Waals surface area contributed by atoms with Crippen molar-refractivity contribution in [1.82, 2.24) is 25.0 Å². The van der Waals surface area contributed by atoms with E-state index in [1.807, 2.05) is 16.8 Å². The number of nitrogens with one attached hydrogen (secondary N) is 1. The van der Waals surface area contributed by atoms with Gasteiger partial charge in [-0.1, -0.05) is 23.7 Å². The Hall–Kier alpha value is -1.47. The van der Waals surface area contributed by atoms with E-state index >= 15 is 0 Å². The molecule has 2 aliphatic heterocycles. The fourth-order valence-corrected chi connectivity index (χ4v) is 4.21. The number of benzene rings is 1.